The Morgan fingerprint density at radius 2 is 2.15 bits per heavy atom. The topological polar surface area (TPSA) is 67.8 Å². The number of nitrogens with zero attached hydrogens (tertiary/aromatic N) is 4. The lowest BCUT2D eigenvalue weighted by Gasteiger charge is -2.41. The van der Waals surface area contributed by atoms with E-state index < -0.39 is 5.60 Å². The highest BCUT2D eigenvalue weighted by Gasteiger charge is 2.36. The van der Waals surface area contributed by atoms with Gasteiger partial charge in [0.2, 0.25) is 0 Å². The van der Waals surface area contributed by atoms with Crippen LogP contribution in [0.5, 0.6) is 5.75 Å². The van der Waals surface area contributed by atoms with Crippen molar-refractivity contribution in [2.75, 3.05) is 31.1 Å². The zero-order valence-corrected chi connectivity index (χ0v) is 17.7. The lowest BCUT2D eigenvalue weighted by atomic mass is 10.1. The molecule has 9 heteroatoms. The van der Waals surface area contributed by atoms with E-state index in [1.54, 1.807) is 11.2 Å². The first-order valence-electron chi connectivity index (χ1n) is 8.74. The van der Waals surface area contributed by atoms with E-state index >= 15 is 0 Å². The van der Waals surface area contributed by atoms with Crippen LogP contribution in [0.4, 0.5) is 10.6 Å². The Morgan fingerprint density at radius 3 is 2.89 bits per heavy atom. The third kappa shape index (κ3) is 3.40. The number of rotatable bonds is 0. The largest absolute Gasteiger partial charge is 0.489 e. The van der Waals surface area contributed by atoms with Crippen LogP contribution in [0.3, 0.4) is 0 Å². The van der Waals surface area contributed by atoms with Gasteiger partial charge >= 0.3 is 6.09 Å². The number of amides is 1. The summed E-state index contributed by atoms with van der Waals surface area (Å²) in [6, 6.07) is 1.82. The lowest BCUT2D eigenvalue weighted by Crippen LogP contribution is -2.57. The Kier molecular flexibility index (Phi) is 4.58. The zero-order valence-electron chi connectivity index (χ0n) is 15.3. The number of carbonyl (C=O) groups is 1. The minimum absolute atomic E-state index is 0.0494. The summed E-state index contributed by atoms with van der Waals surface area (Å²) in [7, 11) is 0. The van der Waals surface area contributed by atoms with Crippen molar-refractivity contribution in [3.63, 3.8) is 0 Å². The molecule has 144 valence electrons. The maximum Gasteiger partial charge on any atom is 0.410 e. The molecule has 27 heavy (non-hydrogen) atoms. The van der Waals surface area contributed by atoms with Gasteiger partial charge in [-0.05, 0) is 42.8 Å². The molecule has 2 aliphatic heterocycles. The van der Waals surface area contributed by atoms with Crippen molar-refractivity contribution in [1.29, 1.82) is 0 Å². The average Bonchev–Trinajstić information content (AvgIpc) is 2.76. The molecule has 0 aliphatic carbocycles. The van der Waals surface area contributed by atoms with E-state index in [2.05, 4.69) is 30.8 Å². The Bertz CT molecular complexity index is 918. The summed E-state index contributed by atoms with van der Waals surface area (Å²) >= 11 is 9.93. The van der Waals surface area contributed by atoms with E-state index in [4.69, 9.17) is 21.1 Å². The van der Waals surface area contributed by atoms with Gasteiger partial charge < -0.3 is 19.3 Å². The van der Waals surface area contributed by atoms with Gasteiger partial charge in [0.05, 0.1) is 22.0 Å². The number of aromatic nitrogens is 2. The second kappa shape index (κ2) is 6.67. The van der Waals surface area contributed by atoms with Crippen molar-refractivity contribution >= 4 is 50.3 Å². The summed E-state index contributed by atoms with van der Waals surface area (Å²) in [4.78, 5) is 25.2. The average molecular weight is 456 g/mol. The second-order valence-electron chi connectivity index (χ2n) is 7.68. The van der Waals surface area contributed by atoms with E-state index in [0.717, 1.165) is 21.2 Å². The predicted octanol–water partition coefficient (Wildman–Crippen LogP) is 3.86. The van der Waals surface area contributed by atoms with Crippen LogP contribution in [0.2, 0.25) is 5.02 Å². The lowest BCUT2D eigenvalue weighted by molar-refractivity contribution is 0.0202. The van der Waals surface area contributed by atoms with E-state index in [0.29, 0.717) is 37.0 Å². The Labute approximate surface area is 170 Å². The quantitative estimate of drug-likeness (QED) is 0.601. The summed E-state index contributed by atoms with van der Waals surface area (Å²) in [6.07, 6.45) is 1.24. The molecule has 0 radical (unpaired) electrons. The molecular formula is C18H20BrClN4O3. The van der Waals surface area contributed by atoms with Gasteiger partial charge in [-0.25, -0.2) is 14.8 Å². The van der Waals surface area contributed by atoms with Gasteiger partial charge in [0.25, 0.3) is 0 Å². The van der Waals surface area contributed by atoms with Gasteiger partial charge in [-0.15, -0.1) is 0 Å². The van der Waals surface area contributed by atoms with Crippen molar-refractivity contribution in [3.05, 3.63) is 21.9 Å². The summed E-state index contributed by atoms with van der Waals surface area (Å²) in [5.41, 5.74) is 0.241. The highest BCUT2D eigenvalue weighted by atomic mass is 79.9. The van der Waals surface area contributed by atoms with Crippen molar-refractivity contribution in [1.82, 2.24) is 14.9 Å². The normalized spacial score (nSPS) is 19.4. The van der Waals surface area contributed by atoms with Gasteiger partial charge in [-0.1, -0.05) is 11.6 Å². The van der Waals surface area contributed by atoms with E-state index in [9.17, 15) is 4.79 Å². The Balaban J connectivity index is 1.67. The smallest absolute Gasteiger partial charge is 0.410 e. The number of carbonyl (C=O) groups excluding carboxylic acids is 1. The molecule has 7 nitrogen and oxygen atoms in total. The Morgan fingerprint density at radius 1 is 1.37 bits per heavy atom. The number of hydrogen-bond acceptors (Lipinski definition) is 6. The standard InChI is InChI=1S/C18H20BrClN4O3/c1-18(2,3)27-17(25)23-4-5-24-10(7-23)8-26-15-13-12(6-11(19)14(15)20)21-9-22-16(13)24/h6,9-10H,4-5,7-8H2,1-3H3/t10-/m0/s1. The second-order valence-corrected chi connectivity index (χ2v) is 8.91. The first kappa shape index (κ1) is 18.6. The van der Waals surface area contributed by atoms with Gasteiger partial charge in [-0.2, -0.15) is 0 Å². The molecule has 1 fully saturated rings. The fourth-order valence-corrected chi connectivity index (χ4v) is 4.02. The summed E-state index contributed by atoms with van der Waals surface area (Å²) in [5.74, 6) is 1.37. The van der Waals surface area contributed by atoms with E-state index in [1.165, 1.54) is 0 Å². The van der Waals surface area contributed by atoms with Crippen LogP contribution in [0.1, 0.15) is 20.8 Å². The molecule has 1 aromatic carbocycles. The van der Waals surface area contributed by atoms with Crippen LogP contribution >= 0.6 is 27.5 Å². The minimum Gasteiger partial charge on any atom is -0.489 e. The van der Waals surface area contributed by atoms with Crippen molar-refractivity contribution in [3.8, 4) is 5.75 Å². The van der Waals surface area contributed by atoms with Crippen molar-refractivity contribution < 1.29 is 14.3 Å². The molecule has 0 saturated carbocycles. The molecule has 1 saturated heterocycles. The molecule has 4 rings (SSSR count). The molecule has 0 unspecified atom stereocenters. The summed E-state index contributed by atoms with van der Waals surface area (Å²) < 4.78 is 12.3. The summed E-state index contributed by atoms with van der Waals surface area (Å²) in [6.45, 7) is 7.66. The number of fused-ring (bicyclic) bond motifs is 2. The van der Waals surface area contributed by atoms with E-state index in [-0.39, 0.29) is 12.1 Å². The van der Waals surface area contributed by atoms with Crippen LogP contribution < -0.4 is 9.64 Å². The Hall–Kier alpha value is -1.80. The number of anilines is 1. The van der Waals surface area contributed by atoms with Crippen molar-refractivity contribution in [2.45, 2.75) is 32.4 Å². The molecule has 2 aliphatic rings. The molecule has 0 N–H and O–H groups in total. The van der Waals surface area contributed by atoms with Gasteiger partial charge in [0.15, 0.2) is 5.75 Å². The fourth-order valence-electron chi connectivity index (χ4n) is 3.42. The van der Waals surface area contributed by atoms with Crippen LogP contribution in [0.15, 0.2) is 16.9 Å². The first-order chi connectivity index (χ1) is 12.7. The van der Waals surface area contributed by atoms with Crippen LogP contribution in [-0.4, -0.2) is 58.8 Å². The zero-order chi connectivity index (χ0) is 19.3. The minimum atomic E-state index is -0.525. The SMILES string of the molecule is CC(C)(C)OC(=O)N1CCN2c3ncnc4cc(Br)c(Cl)c(c34)OC[C@@H]2C1. The third-order valence-electron chi connectivity index (χ3n) is 4.58. The summed E-state index contributed by atoms with van der Waals surface area (Å²) in [5, 5.41) is 1.31. The monoisotopic (exact) mass is 454 g/mol. The highest BCUT2D eigenvalue weighted by molar-refractivity contribution is 9.10. The van der Waals surface area contributed by atoms with Gasteiger partial charge in [0, 0.05) is 24.1 Å². The van der Waals surface area contributed by atoms with Gasteiger partial charge in [0.1, 0.15) is 24.4 Å². The molecule has 3 heterocycles. The van der Waals surface area contributed by atoms with E-state index in [1.807, 2.05) is 26.8 Å². The number of halogens is 2. The molecule has 0 spiro atoms. The highest BCUT2D eigenvalue weighted by Crippen LogP contribution is 2.44. The molecule has 1 aromatic heterocycles. The maximum absolute atomic E-state index is 12.5. The molecule has 1 atom stereocenters. The number of ether oxygens (including phenoxy) is 2. The first-order valence-corrected chi connectivity index (χ1v) is 9.92. The third-order valence-corrected chi connectivity index (χ3v) is 5.81. The maximum atomic E-state index is 12.5. The van der Waals surface area contributed by atoms with Crippen LogP contribution in [0, 0.1) is 0 Å². The molecule has 1 amide bonds. The predicted molar refractivity (Wildman–Crippen MR) is 107 cm³/mol. The van der Waals surface area contributed by atoms with Crippen LogP contribution in [-0.2, 0) is 4.74 Å². The van der Waals surface area contributed by atoms with Crippen molar-refractivity contribution in [2.24, 2.45) is 0 Å². The molecule has 0 bridgehead atoms. The molecule has 2 aromatic rings. The number of hydrogen-bond donors (Lipinski definition) is 0. The van der Waals surface area contributed by atoms with Gasteiger partial charge in [-0.3, -0.25) is 0 Å². The fraction of sp³-hybridized carbons (Fsp3) is 0.500. The number of benzene rings is 1. The number of piperazine rings is 1. The van der Waals surface area contributed by atoms with Crippen LogP contribution in [0.25, 0.3) is 10.9 Å². The molecular weight excluding hydrogens is 436 g/mol.